The monoisotopic (exact) mass is 847 g/mol. The predicted molar refractivity (Wildman–Crippen MR) is 232 cm³/mol. The van der Waals surface area contributed by atoms with E-state index in [1.54, 1.807) is 6.07 Å². The summed E-state index contributed by atoms with van der Waals surface area (Å²) in [5.41, 5.74) is 5.40. The molecule has 2 heterocycles. The molecule has 6 rings (SSSR count). The van der Waals surface area contributed by atoms with Gasteiger partial charge in [-0.2, -0.15) is 0 Å². The lowest BCUT2D eigenvalue weighted by atomic mass is 9.89. The number of fused-ring (bicyclic) bond motifs is 2. The Labute approximate surface area is 358 Å². The van der Waals surface area contributed by atoms with Crippen LogP contribution in [0.3, 0.4) is 0 Å². The Kier molecular flexibility index (Phi) is 16.1. The van der Waals surface area contributed by atoms with Gasteiger partial charge in [-0.3, -0.25) is 9.59 Å². The number of aromatic nitrogens is 4. The number of aromatic carboxylic acids is 1. The molecule has 1 aliphatic carbocycles. The fraction of sp³-hybridized carbons (Fsp3) is 0.333. The first-order valence-corrected chi connectivity index (χ1v) is 20.1. The van der Waals surface area contributed by atoms with Crippen molar-refractivity contribution < 1.29 is 42.9 Å². The molecule has 0 saturated heterocycles. The van der Waals surface area contributed by atoms with Crippen LogP contribution in [0.1, 0.15) is 32.7 Å². The molecule has 0 radical (unpaired) electrons. The van der Waals surface area contributed by atoms with E-state index in [0.717, 1.165) is 33.1 Å². The molecule has 0 unspecified atom stereocenters. The minimum absolute atomic E-state index is 0.0652. The van der Waals surface area contributed by atoms with E-state index in [-0.39, 0.29) is 43.6 Å². The van der Waals surface area contributed by atoms with E-state index in [1.165, 1.54) is 18.5 Å². The zero-order chi connectivity index (χ0) is 43.8. The molecule has 4 aromatic rings. The minimum atomic E-state index is -1.11. The first-order chi connectivity index (χ1) is 30.1. The maximum Gasteiger partial charge on any atom is 0.336 e. The van der Waals surface area contributed by atoms with E-state index >= 15 is 0 Å². The molecule has 1 aromatic heterocycles. The molecule has 2 aliphatic rings. The van der Waals surface area contributed by atoms with E-state index in [1.807, 2.05) is 98.3 Å². The Hall–Kier alpha value is -6.66. The number of rotatable bonds is 22. The van der Waals surface area contributed by atoms with Gasteiger partial charge >= 0.3 is 5.97 Å². The summed E-state index contributed by atoms with van der Waals surface area (Å²) in [7, 11) is 7.75. The fourth-order valence-electron chi connectivity index (χ4n) is 6.44. The highest BCUT2D eigenvalue weighted by molar-refractivity contribution is 6.09. The highest BCUT2D eigenvalue weighted by Crippen LogP contribution is 2.42. The summed E-state index contributed by atoms with van der Waals surface area (Å²) in [6.45, 7) is 3.32. The van der Waals surface area contributed by atoms with Gasteiger partial charge in [0, 0.05) is 79.1 Å². The smallest absolute Gasteiger partial charge is 0.336 e. The summed E-state index contributed by atoms with van der Waals surface area (Å²) in [6, 6.07) is 23.7. The number of carboxylic acids is 1. The van der Waals surface area contributed by atoms with Gasteiger partial charge in [-0.25, -0.2) is 9.37 Å². The predicted octanol–water partition coefficient (Wildman–Crippen LogP) is 3.75. The van der Waals surface area contributed by atoms with Crippen molar-refractivity contribution in [2.75, 3.05) is 92.5 Å². The van der Waals surface area contributed by atoms with Gasteiger partial charge in [0.1, 0.15) is 25.4 Å². The van der Waals surface area contributed by atoms with Crippen LogP contribution in [0.2, 0.25) is 0 Å². The molecule has 0 bridgehead atoms. The van der Waals surface area contributed by atoms with Crippen molar-refractivity contribution in [3.63, 3.8) is 0 Å². The highest BCUT2D eigenvalue weighted by atomic mass is 16.6. The van der Waals surface area contributed by atoms with Crippen molar-refractivity contribution in [3.8, 4) is 33.8 Å². The number of hydrogen-bond donors (Lipinski definition) is 3. The van der Waals surface area contributed by atoms with E-state index in [9.17, 15) is 19.5 Å². The van der Waals surface area contributed by atoms with E-state index in [4.69, 9.17) is 23.4 Å². The summed E-state index contributed by atoms with van der Waals surface area (Å²) in [5, 5.41) is 33.0. The molecular weight excluding hydrogens is 797 g/mol. The van der Waals surface area contributed by atoms with Crippen molar-refractivity contribution in [2.24, 2.45) is 0 Å². The molecule has 3 N–H and O–H groups in total. The van der Waals surface area contributed by atoms with Crippen LogP contribution in [0.25, 0.3) is 44.8 Å². The Morgan fingerprint density at radius 2 is 1.42 bits per heavy atom. The Balaban J connectivity index is 0.874. The molecule has 17 nitrogen and oxygen atoms in total. The van der Waals surface area contributed by atoms with Crippen LogP contribution in [0, 0.1) is 0 Å². The molecule has 0 spiro atoms. The van der Waals surface area contributed by atoms with Gasteiger partial charge < -0.3 is 44.0 Å². The van der Waals surface area contributed by atoms with Crippen LogP contribution >= 0.6 is 0 Å². The standard InChI is InChI=1S/C45H50N8O9/c1-52(2)33-10-13-36-39(26-33)62-40-27-34(53(3)4)11-14-37(40)42(36)38-25-32(9-12-35(38)45(56)57)44(55)46-16-18-59-20-22-61-24-23-60-21-19-58-17-15-41(54)47-28-30-5-7-31(8-6-30)43-50-48-29-49-51-43/h5-14,25-27,29H,15-24,28H2,1-4H3,(H2-,46,47,54,55,56,57)/p+1. The molecule has 62 heavy (non-hydrogen) atoms. The number of nitrogens with one attached hydrogen (secondary N) is 2. The van der Waals surface area contributed by atoms with E-state index < -0.39 is 5.97 Å². The second kappa shape index (κ2) is 22.3. The highest BCUT2D eigenvalue weighted by Gasteiger charge is 2.24. The lowest BCUT2D eigenvalue weighted by Gasteiger charge is -2.19. The molecule has 0 saturated carbocycles. The average Bonchev–Trinajstić information content (AvgIpc) is 3.28. The largest absolute Gasteiger partial charge is 0.478 e. The third-order valence-corrected chi connectivity index (χ3v) is 9.73. The molecule has 2 amide bonds. The molecule has 17 heteroatoms. The number of nitrogens with zero attached hydrogens (tertiary/aromatic N) is 6. The maximum atomic E-state index is 13.3. The van der Waals surface area contributed by atoms with Crippen molar-refractivity contribution in [2.45, 2.75) is 13.0 Å². The first kappa shape index (κ1) is 44.9. The Morgan fingerprint density at radius 1 is 0.742 bits per heavy atom. The fourth-order valence-corrected chi connectivity index (χ4v) is 6.44. The SMILES string of the molecule is CN(C)c1ccc2c(-c3cc(C(=O)NCCOCCOCCOCCOCCC(=O)NCc4ccc(-c5nncnn5)cc4)ccc3C(=O)O)c3ccc(=[N+](C)C)cc-3oc2c1. The number of amides is 2. The van der Waals surface area contributed by atoms with Crippen LogP contribution in [-0.2, 0) is 30.3 Å². The Morgan fingerprint density at radius 3 is 2.08 bits per heavy atom. The molecule has 0 fully saturated rings. The van der Waals surface area contributed by atoms with Crippen LogP contribution < -0.4 is 25.5 Å². The number of carboxylic acid groups (broad SMARTS) is 1. The van der Waals surface area contributed by atoms with Gasteiger partial charge in [0.25, 0.3) is 5.91 Å². The molecule has 3 aromatic carbocycles. The maximum absolute atomic E-state index is 13.3. The van der Waals surface area contributed by atoms with Crippen LogP contribution in [0.5, 0.6) is 0 Å². The number of ether oxygens (including phenoxy) is 4. The lowest BCUT2D eigenvalue weighted by Crippen LogP contribution is -2.27. The van der Waals surface area contributed by atoms with E-state index in [0.29, 0.717) is 80.0 Å². The average molecular weight is 848 g/mol. The van der Waals surface area contributed by atoms with Crippen molar-refractivity contribution in [1.29, 1.82) is 0 Å². The summed E-state index contributed by atoms with van der Waals surface area (Å²) in [6.07, 6.45) is 1.51. The first-order valence-electron chi connectivity index (χ1n) is 20.1. The van der Waals surface area contributed by atoms with Crippen LogP contribution in [0.4, 0.5) is 5.69 Å². The zero-order valence-corrected chi connectivity index (χ0v) is 35.3. The number of carbonyl (C=O) groups excluding carboxylic acids is 2. The van der Waals surface area contributed by atoms with Gasteiger partial charge in [-0.1, -0.05) is 24.3 Å². The minimum Gasteiger partial charge on any atom is -0.478 e. The third-order valence-electron chi connectivity index (χ3n) is 9.73. The van der Waals surface area contributed by atoms with Gasteiger partial charge in [0.15, 0.2) is 6.33 Å². The summed E-state index contributed by atoms with van der Waals surface area (Å²) in [5.74, 6) is -0.565. The van der Waals surface area contributed by atoms with E-state index in [2.05, 4.69) is 31.0 Å². The second-order valence-electron chi connectivity index (χ2n) is 14.5. The van der Waals surface area contributed by atoms with Gasteiger partial charge in [-0.15, -0.1) is 20.4 Å². The quantitative estimate of drug-likeness (QED) is 0.0506. The number of carbonyl (C=O) groups is 3. The van der Waals surface area contributed by atoms with Crippen LogP contribution in [0.15, 0.2) is 89.6 Å². The topological polar surface area (TPSA) is 203 Å². The summed E-state index contributed by atoms with van der Waals surface area (Å²) < 4.78 is 30.6. The molecule has 0 atom stereocenters. The zero-order valence-electron chi connectivity index (χ0n) is 35.3. The number of anilines is 1. The van der Waals surface area contributed by atoms with Gasteiger partial charge in [0.2, 0.25) is 17.1 Å². The van der Waals surface area contributed by atoms with Crippen molar-refractivity contribution in [3.05, 3.63) is 107 Å². The molecular formula is C45H51N8O9+. The van der Waals surface area contributed by atoms with Gasteiger partial charge in [0.05, 0.1) is 64.5 Å². The Bertz CT molecular complexity index is 2490. The molecule has 1 aliphatic heterocycles. The summed E-state index contributed by atoms with van der Waals surface area (Å²) >= 11 is 0. The lowest BCUT2D eigenvalue weighted by molar-refractivity contribution is -0.122. The number of hydrogen-bond acceptors (Lipinski definition) is 13. The summed E-state index contributed by atoms with van der Waals surface area (Å²) in [4.78, 5) is 40.0. The normalized spacial score (nSPS) is 11.2. The third kappa shape index (κ3) is 12.2. The number of benzene rings is 4. The van der Waals surface area contributed by atoms with Crippen molar-refractivity contribution in [1.82, 2.24) is 35.6 Å². The second-order valence-corrected chi connectivity index (χ2v) is 14.5. The van der Waals surface area contributed by atoms with Gasteiger partial charge in [-0.05, 0) is 47.5 Å². The van der Waals surface area contributed by atoms with Crippen molar-refractivity contribution >= 4 is 34.4 Å². The van der Waals surface area contributed by atoms with Crippen LogP contribution in [-0.4, -0.2) is 131 Å². The molecule has 324 valence electrons.